The van der Waals surface area contributed by atoms with Crippen LogP contribution in [0.2, 0.25) is 0 Å². The lowest BCUT2D eigenvalue weighted by atomic mass is 10.2. The Morgan fingerprint density at radius 1 is 1.58 bits per heavy atom. The second-order valence-electron chi connectivity index (χ2n) is 2.31. The summed E-state index contributed by atoms with van der Waals surface area (Å²) in [6.45, 7) is 1.80. The summed E-state index contributed by atoms with van der Waals surface area (Å²) in [5.41, 5.74) is 0.741. The molecular weight excluding hydrogens is 243 g/mol. The summed E-state index contributed by atoms with van der Waals surface area (Å²) in [6.07, 6.45) is 2.12. The number of hydrogen-bond acceptors (Lipinski definition) is 2. The van der Waals surface area contributed by atoms with Gasteiger partial charge in [-0.2, -0.15) is 0 Å². The first-order valence-electron chi connectivity index (χ1n) is 3.55. The van der Waals surface area contributed by atoms with Gasteiger partial charge in [0, 0.05) is 12.5 Å². The highest BCUT2D eigenvalue weighted by Crippen LogP contribution is 2.19. The quantitative estimate of drug-likeness (QED) is 0.461. The summed E-state index contributed by atoms with van der Waals surface area (Å²) in [7, 11) is 0. The molecule has 0 rings (SSSR count). The molecule has 2 nitrogen and oxygen atoms in total. The molecule has 0 aromatic carbocycles. The number of allylic oxidation sites excluding steroid dienone is 2. The van der Waals surface area contributed by atoms with Crippen LogP contribution in [-0.2, 0) is 0 Å². The molecule has 0 heterocycles. The van der Waals surface area contributed by atoms with Gasteiger partial charge in [0.2, 0.25) is 0 Å². The molecule has 0 unspecified atom stereocenters. The van der Waals surface area contributed by atoms with E-state index in [0.29, 0.717) is 16.8 Å². The van der Waals surface area contributed by atoms with Gasteiger partial charge in [-0.25, -0.2) is 0 Å². The van der Waals surface area contributed by atoms with E-state index in [-0.39, 0.29) is 12.4 Å². The number of aliphatic hydroxyl groups is 2. The zero-order chi connectivity index (χ0) is 9.56. The maximum absolute atomic E-state index is 9.44. The fourth-order valence-electron chi connectivity index (χ4n) is 0.654. The van der Waals surface area contributed by atoms with E-state index in [0.717, 1.165) is 5.57 Å². The molecular formula is C8H12BrClO2. The second-order valence-corrected chi connectivity index (χ2v) is 3.47. The van der Waals surface area contributed by atoms with Gasteiger partial charge >= 0.3 is 0 Å². The van der Waals surface area contributed by atoms with Crippen molar-refractivity contribution < 1.29 is 10.2 Å². The van der Waals surface area contributed by atoms with Gasteiger partial charge in [-0.3, -0.25) is 0 Å². The van der Waals surface area contributed by atoms with Crippen LogP contribution in [0, 0.1) is 0 Å². The van der Waals surface area contributed by atoms with Crippen molar-refractivity contribution in [3.05, 3.63) is 21.9 Å². The molecule has 0 saturated carbocycles. The maximum atomic E-state index is 9.44. The molecule has 0 bridgehead atoms. The van der Waals surface area contributed by atoms with Gasteiger partial charge in [-0.15, -0.1) is 11.6 Å². The topological polar surface area (TPSA) is 40.5 Å². The highest BCUT2D eigenvalue weighted by atomic mass is 79.9. The van der Waals surface area contributed by atoms with E-state index in [2.05, 4.69) is 15.9 Å². The molecule has 0 aliphatic heterocycles. The van der Waals surface area contributed by atoms with Crippen molar-refractivity contribution in [1.82, 2.24) is 0 Å². The molecule has 0 aromatic rings. The zero-order valence-electron chi connectivity index (χ0n) is 6.85. The third-order valence-electron chi connectivity index (χ3n) is 1.37. The highest BCUT2D eigenvalue weighted by Gasteiger charge is 2.02. The molecule has 0 radical (unpaired) electrons. The lowest BCUT2D eigenvalue weighted by molar-refractivity contribution is 0.295. The SMILES string of the molecule is C/C(CCO)=C(O)\C(Br)=C/CCl. The van der Waals surface area contributed by atoms with Crippen molar-refractivity contribution in [2.75, 3.05) is 12.5 Å². The molecule has 2 N–H and O–H groups in total. The van der Waals surface area contributed by atoms with Crippen LogP contribution >= 0.6 is 27.5 Å². The highest BCUT2D eigenvalue weighted by molar-refractivity contribution is 9.11. The number of hydrogen-bond donors (Lipinski definition) is 2. The first-order chi connectivity index (χ1) is 5.63. The number of halogens is 2. The fourth-order valence-corrected chi connectivity index (χ4v) is 1.50. The van der Waals surface area contributed by atoms with Gasteiger partial charge in [-0.05, 0) is 34.8 Å². The summed E-state index contributed by atoms with van der Waals surface area (Å²) >= 11 is 8.59. The lowest BCUT2D eigenvalue weighted by Crippen LogP contribution is -1.91. The molecule has 0 aliphatic carbocycles. The summed E-state index contributed by atoms with van der Waals surface area (Å²) in [5.74, 6) is 0.501. The average molecular weight is 256 g/mol. The van der Waals surface area contributed by atoms with Gasteiger partial charge in [0.15, 0.2) is 0 Å². The van der Waals surface area contributed by atoms with Crippen LogP contribution in [0.15, 0.2) is 21.9 Å². The van der Waals surface area contributed by atoms with Gasteiger partial charge in [0.25, 0.3) is 0 Å². The molecule has 0 amide bonds. The van der Waals surface area contributed by atoms with Crippen molar-refractivity contribution in [2.45, 2.75) is 13.3 Å². The smallest absolute Gasteiger partial charge is 0.128 e. The van der Waals surface area contributed by atoms with Crippen LogP contribution in [0.4, 0.5) is 0 Å². The minimum absolute atomic E-state index is 0.0387. The van der Waals surface area contributed by atoms with Gasteiger partial charge < -0.3 is 10.2 Å². The summed E-state index contributed by atoms with van der Waals surface area (Å²) < 4.78 is 0.573. The third kappa shape index (κ3) is 4.14. The van der Waals surface area contributed by atoms with E-state index in [4.69, 9.17) is 16.7 Å². The van der Waals surface area contributed by atoms with Crippen LogP contribution in [0.5, 0.6) is 0 Å². The van der Waals surface area contributed by atoms with Crippen molar-refractivity contribution in [2.24, 2.45) is 0 Å². The summed E-state index contributed by atoms with van der Waals surface area (Å²) in [5, 5.41) is 18.0. The Balaban J connectivity index is 4.42. The summed E-state index contributed by atoms with van der Waals surface area (Å²) in [6, 6.07) is 0. The molecule has 12 heavy (non-hydrogen) atoms. The van der Waals surface area contributed by atoms with Crippen molar-refractivity contribution in [3.63, 3.8) is 0 Å². The molecule has 70 valence electrons. The van der Waals surface area contributed by atoms with Gasteiger partial charge in [-0.1, -0.05) is 6.08 Å². The Hall–Kier alpha value is 0.01000. The largest absolute Gasteiger partial charge is 0.507 e. The Morgan fingerprint density at radius 2 is 2.17 bits per heavy atom. The first kappa shape index (κ1) is 12.0. The zero-order valence-corrected chi connectivity index (χ0v) is 9.19. The van der Waals surface area contributed by atoms with E-state index < -0.39 is 0 Å². The third-order valence-corrected chi connectivity index (χ3v) is 2.23. The molecule has 0 saturated heterocycles. The average Bonchev–Trinajstić information content (AvgIpc) is 2.04. The van der Waals surface area contributed by atoms with Crippen LogP contribution in [0.25, 0.3) is 0 Å². The van der Waals surface area contributed by atoms with Crippen LogP contribution in [-0.4, -0.2) is 22.7 Å². The Bertz CT molecular complexity index is 199. The summed E-state index contributed by atoms with van der Waals surface area (Å²) in [4.78, 5) is 0. The Morgan fingerprint density at radius 3 is 2.58 bits per heavy atom. The molecule has 0 atom stereocenters. The van der Waals surface area contributed by atoms with Gasteiger partial charge in [0.05, 0.1) is 4.48 Å². The fraction of sp³-hybridized carbons (Fsp3) is 0.500. The normalized spacial score (nSPS) is 14.5. The van der Waals surface area contributed by atoms with E-state index in [9.17, 15) is 5.11 Å². The van der Waals surface area contributed by atoms with Crippen molar-refractivity contribution >= 4 is 27.5 Å². The van der Waals surface area contributed by atoms with Crippen LogP contribution in [0.1, 0.15) is 13.3 Å². The van der Waals surface area contributed by atoms with E-state index in [1.807, 2.05) is 0 Å². The first-order valence-corrected chi connectivity index (χ1v) is 4.87. The number of alkyl halides is 1. The molecule has 0 aliphatic rings. The number of rotatable bonds is 4. The van der Waals surface area contributed by atoms with E-state index in [1.165, 1.54) is 0 Å². The monoisotopic (exact) mass is 254 g/mol. The second kappa shape index (κ2) is 6.52. The molecule has 4 heteroatoms. The minimum atomic E-state index is 0.0387. The molecule has 0 spiro atoms. The standard InChI is InChI=1S/C8H12BrClO2/c1-6(3-5-11)8(12)7(9)2-4-10/h2,11-12H,3-5H2,1H3/b7-2+,8-6-. The predicted molar refractivity (Wildman–Crippen MR) is 54.8 cm³/mol. The van der Waals surface area contributed by atoms with Crippen molar-refractivity contribution in [1.29, 1.82) is 0 Å². The van der Waals surface area contributed by atoms with Gasteiger partial charge in [0.1, 0.15) is 5.76 Å². The van der Waals surface area contributed by atoms with Crippen molar-refractivity contribution in [3.8, 4) is 0 Å². The van der Waals surface area contributed by atoms with Crippen LogP contribution in [0.3, 0.4) is 0 Å². The maximum Gasteiger partial charge on any atom is 0.128 e. The van der Waals surface area contributed by atoms with Crippen LogP contribution < -0.4 is 0 Å². The molecule has 0 aromatic heterocycles. The minimum Gasteiger partial charge on any atom is -0.507 e. The number of aliphatic hydroxyl groups excluding tert-OH is 2. The Kier molecular flexibility index (Phi) is 6.52. The lowest BCUT2D eigenvalue weighted by Gasteiger charge is -2.03. The predicted octanol–water partition coefficient (Wildman–Crippen LogP) is 2.72. The molecule has 0 fully saturated rings. The Labute approximate surface area is 85.7 Å². The van der Waals surface area contributed by atoms with E-state index in [1.54, 1.807) is 13.0 Å². The van der Waals surface area contributed by atoms with E-state index >= 15 is 0 Å².